The van der Waals surface area contributed by atoms with E-state index in [2.05, 4.69) is 20.5 Å². The molecule has 170 valence electrons. The topological polar surface area (TPSA) is 90.8 Å². The number of rotatable bonds is 3. The number of benzene rings is 2. The monoisotopic (exact) mass is 453 g/mol. The lowest BCUT2D eigenvalue weighted by Gasteiger charge is -2.21. The van der Waals surface area contributed by atoms with Crippen molar-refractivity contribution in [3.05, 3.63) is 63.7 Å². The minimum Gasteiger partial charge on any atom is -0.386 e. The number of aryl methyl sites for hydroxylation is 2. The highest BCUT2D eigenvalue weighted by atomic mass is 32.2. The molecule has 0 saturated carbocycles. The van der Waals surface area contributed by atoms with Crippen molar-refractivity contribution in [2.75, 3.05) is 11.9 Å². The van der Waals surface area contributed by atoms with Gasteiger partial charge in [-0.25, -0.2) is 13.7 Å². The number of hydrogen-bond acceptors (Lipinski definition) is 3. The molecule has 2 aromatic carbocycles. The van der Waals surface area contributed by atoms with Gasteiger partial charge in [-0.1, -0.05) is 30.3 Å². The van der Waals surface area contributed by atoms with Crippen molar-refractivity contribution in [2.24, 2.45) is 4.36 Å². The lowest BCUT2D eigenvalue weighted by molar-refractivity contribution is 0.0785. The minimum absolute atomic E-state index is 0.400. The zero-order chi connectivity index (χ0) is 22.5. The minimum atomic E-state index is -2.98. The summed E-state index contributed by atoms with van der Waals surface area (Å²) < 4.78 is 21.0. The van der Waals surface area contributed by atoms with Crippen LogP contribution < -0.4 is 10.0 Å². The third kappa shape index (κ3) is 3.87. The fourth-order valence-corrected chi connectivity index (χ4v) is 7.43. The Morgan fingerprint density at radius 2 is 1.81 bits per heavy atom. The van der Waals surface area contributed by atoms with Gasteiger partial charge in [-0.15, -0.1) is 4.36 Å². The second kappa shape index (κ2) is 7.97. The van der Waals surface area contributed by atoms with Gasteiger partial charge in [-0.2, -0.15) is 0 Å². The summed E-state index contributed by atoms with van der Waals surface area (Å²) in [4.78, 5) is 13.0. The average molecular weight is 454 g/mol. The van der Waals surface area contributed by atoms with Gasteiger partial charge < -0.3 is 10.4 Å². The van der Waals surface area contributed by atoms with E-state index in [0.717, 1.165) is 55.3 Å². The lowest BCUT2D eigenvalue weighted by Crippen LogP contribution is -2.23. The molecule has 0 aromatic heterocycles. The SMILES string of the molecule is CC(C)(O)c1cccc(C2CCNS2(=O)=NC(=O)Nc2c3c(cc4c2CCC4)CCC3)c1. The number of aliphatic hydroxyl groups is 1. The van der Waals surface area contributed by atoms with Crippen molar-refractivity contribution in [1.82, 2.24) is 4.72 Å². The standard InChI is InChI=1S/C25H31N3O3S/c1-25(2,30)19-9-3-8-18(15-19)22-12-13-26-32(22,31)28-24(29)27-23-20-10-4-6-16(20)14-17-7-5-11-21(17)23/h3,8-9,14-15,22,30H,4-7,10-13H2,1-2H3,(H2,26,27,28,29,31). The maximum Gasteiger partial charge on any atom is 0.354 e. The van der Waals surface area contributed by atoms with Gasteiger partial charge in [0.25, 0.3) is 0 Å². The lowest BCUT2D eigenvalue weighted by atomic mass is 9.95. The molecule has 6 nitrogen and oxygen atoms in total. The molecule has 5 rings (SSSR count). The molecule has 2 amide bonds. The first-order valence-corrected chi connectivity index (χ1v) is 13.1. The van der Waals surface area contributed by atoms with Crippen LogP contribution in [0.2, 0.25) is 0 Å². The van der Waals surface area contributed by atoms with Crippen LogP contribution >= 0.6 is 0 Å². The summed E-state index contributed by atoms with van der Waals surface area (Å²) in [6, 6.07) is 9.27. The van der Waals surface area contributed by atoms with Crippen molar-refractivity contribution < 1.29 is 14.1 Å². The van der Waals surface area contributed by atoms with Crippen LogP contribution in [-0.4, -0.2) is 21.9 Å². The Morgan fingerprint density at radius 3 is 2.47 bits per heavy atom. The highest BCUT2D eigenvalue weighted by Crippen LogP contribution is 2.39. The van der Waals surface area contributed by atoms with E-state index in [-0.39, 0.29) is 0 Å². The number of hydrogen-bond donors (Lipinski definition) is 3. The first-order chi connectivity index (χ1) is 15.2. The van der Waals surface area contributed by atoms with Crippen molar-refractivity contribution in [3.8, 4) is 0 Å². The summed E-state index contributed by atoms with van der Waals surface area (Å²) in [5, 5.41) is 13.0. The van der Waals surface area contributed by atoms with E-state index >= 15 is 0 Å². The summed E-state index contributed by atoms with van der Waals surface area (Å²) in [6.45, 7) is 3.99. The fourth-order valence-electron chi connectivity index (χ4n) is 5.38. The van der Waals surface area contributed by atoms with Crippen molar-refractivity contribution in [2.45, 2.75) is 69.6 Å². The van der Waals surface area contributed by atoms with Crippen LogP contribution in [0.25, 0.3) is 0 Å². The highest BCUT2D eigenvalue weighted by molar-refractivity contribution is 7.92. The van der Waals surface area contributed by atoms with Gasteiger partial charge in [0.15, 0.2) is 0 Å². The number of carbonyl (C=O) groups is 1. The third-order valence-corrected chi connectivity index (χ3v) is 9.32. The second-order valence-electron chi connectivity index (χ2n) is 9.68. The van der Waals surface area contributed by atoms with Gasteiger partial charge in [-0.05, 0) is 92.2 Å². The quantitative estimate of drug-likeness (QED) is 0.637. The van der Waals surface area contributed by atoms with Gasteiger partial charge in [0.05, 0.1) is 10.9 Å². The van der Waals surface area contributed by atoms with Crippen LogP contribution in [0.15, 0.2) is 34.7 Å². The summed E-state index contributed by atoms with van der Waals surface area (Å²) in [5.74, 6) is 0. The molecule has 1 saturated heterocycles. The van der Waals surface area contributed by atoms with Crippen molar-refractivity contribution in [3.63, 3.8) is 0 Å². The third-order valence-electron chi connectivity index (χ3n) is 6.99. The van der Waals surface area contributed by atoms with Crippen LogP contribution in [-0.2, 0) is 41.2 Å². The maximum atomic E-state index is 13.7. The number of urea groups is 1. The van der Waals surface area contributed by atoms with E-state index in [1.165, 1.54) is 22.3 Å². The van der Waals surface area contributed by atoms with Crippen LogP contribution in [0.3, 0.4) is 0 Å². The number of nitrogens with zero attached hydrogens (tertiary/aromatic N) is 1. The first kappa shape index (κ1) is 21.6. The molecule has 3 N–H and O–H groups in total. The molecule has 0 spiro atoms. The maximum absolute atomic E-state index is 13.7. The van der Waals surface area contributed by atoms with Crippen LogP contribution in [0.5, 0.6) is 0 Å². The molecular formula is C25H31N3O3S. The molecule has 32 heavy (non-hydrogen) atoms. The molecule has 2 unspecified atom stereocenters. The van der Waals surface area contributed by atoms with E-state index in [4.69, 9.17) is 0 Å². The second-order valence-corrected chi connectivity index (χ2v) is 11.9. The van der Waals surface area contributed by atoms with E-state index in [1.807, 2.05) is 24.3 Å². The Labute approximate surface area is 190 Å². The van der Waals surface area contributed by atoms with Crippen LogP contribution in [0.1, 0.15) is 71.7 Å². The Balaban J connectivity index is 1.47. The molecular weight excluding hydrogens is 422 g/mol. The Hall–Kier alpha value is -2.22. The van der Waals surface area contributed by atoms with Gasteiger partial charge in [0.2, 0.25) is 0 Å². The predicted molar refractivity (Wildman–Crippen MR) is 127 cm³/mol. The smallest absolute Gasteiger partial charge is 0.354 e. The van der Waals surface area contributed by atoms with Gasteiger partial charge in [-0.3, -0.25) is 0 Å². The number of amides is 2. The van der Waals surface area contributed by atoms with E-state index in [9.17, 15) is 14.1 Å². The summed E-state index contributed by atoms with van der Waals surface area (Å²) >= 11 is 0. The zero-order valence-electron chi connectivity index (χ0n) is 18.7. The first-order valence-electron chi connectivity index (χ1n) is 11.6. The number of anilines is 1. The molecule has 1 aliphatic heterocycles. The van der Waals surface area contributed by atoms with Crippen LogP contribution in [0.4, 0.5) is 10.5 Å². The summed E-state index contributed by atoms with van der Waals surface area (Å²) in [6.07, 6.45) is 6.89. The van der Waals surface area contributed by atoms with Crippen molar-refractivity contribution >= 4 is 21.6 Å². The van der Waals surface area contributed by atoms with Gasteiger partial charge in [0.1, 0.15) is 9.92 Å². The van der Waals surface area contributed by atoms with Crippen molar-refractivity contribution in [1.29, 1.82) is 0 Å². The molecule has 7 heteroatoms. The Bertz CT molecular complexity index is 1170. The fraction of sp³-hybridized carbons (Fsp3) is 0.480. The highest BCUT2D eigenvalue weighted by Gasteiger charge is 2.33. The van der Waals surface area contributed by atoms with Gasteiger partial charge >= 0.3 is 6.03 Å². The average Bonchev–Trinajstić information content (AvgIpc) is 3.46. The molecule has 3 aliphatic rings. The molecule has 2 aliphatic carbocycles. The summed E-state index contributed by atoms with van der Waals surface area (Å²) in [5.41, 5.74) is 6.65. The number of nitrogens with one attached hydrogen (secondary N) is 2. The molecule has 0 radical (unpaired) electrons. The molecule has 0 bridgehead atoms. The largest absolute Gasteiger partial charge is 0.386 e. The molecule has 1 heterocycles. The Morgan fingerprint density at radius 1 is 1.12 bits per heavy atom. The Kier molecular flexibility index (Phi) is 5.39. The molecule has 1 fully saturated rings. The molecule has 2 atom stereocenters. The normalized spacial score (nSPS) is 24.3. The summed E-state index contributed by atoms with van der Waals surface area (Å²) in [7, 11) is -2.98. The number of carbonyl (C=O) groups excluding carboxylic acids is 1. The zero-order valence-corrected chi connectivity index (χ0v) is 19.6. The van der Waals surface area contributed by atoms with E-state index in [0.29, 0.717) is 13.0 Å². The molecule has 2 aromatic rings. The predicted octanol–water partition coefficient (Wildman–Crippen LogP) is 4.54. The van der Waals surface area contributed by atoms with Gasteiger partial charge in [0, 0.05) is 12.2 Å². The van der Waals surface area contributed by atoms with Crippen LogP contribution in [0, 0.1) is 0 Å². The van der Waals surface area contributed by atoms with E-state index < -0.39 is 26.8 Å². The number of fused-ring (bicyclic) bond motifs is 2. The van der Waals surface area contributed by atoms with E-state index in [1.54, 1.807) is 13.8 Å².